The van der Waals surface area contributed by atoms with Crippen LogP contribution in [0, 0.1) is 12.8 Å². The van der Waals surface area contributed by atoms with Crippen molar-refractivity contribution in [2.45, 2.75) is 33.2 Å². The van der Waals surface area contributed by atoms with Gasteiger partial charge in [0, 0.05) is 5.69 Å². The Bertz CT molecular complexity index is 503. The van der Waals surface area contributed by atoms with Crippen LogP contribution in [-0.2, 0) is 4.79 Å². The molecule has 1 unspecified atom stereocenters. The van der Waals surface area contributed by atoms with Gasteiger partial charge in [-0.15, -0.1) is 0 Å². The van der Waals surface area contributed by atoms with Crippen LogP contribution in [0.5, 0.6) is 0 Å². The smallest absolute Gasteiger partial charge is 0.326 e. The van der Waals surface area contributed by atoms with Gasteiger partial charge in [-0.2, -0.15) is 0 Å². The summed E-state index contributed by atoms with van der Waals surface area (Å²) in [5.74, 6) is -1.45. The van der Waals surface area contributed by atoms with E-state index in [-0.39, 0.29) is 15.7 Å². The van der Waals surface area contributed by atoms with Crippen LogP contribution in [0.2, 0.25) is 0 Å². The van der Waals surface area contributed by atoms with E-state index in [0.717, 1.165) is 11.3 Å². The van der Waals surface area contributed by atoms with Crippen molar-refractivity contribution >= 4 is 23.2 Å². The van der Waals surface area contributed by atoms with Gasteiger partial charge in [-0.25, -0.2) is 4.79 Å². The van der Waals surface area contributed by atoms with Gasteiger partial charge in [0.25, 0.3) is 5.91 Å². The predicted molar refractivity (Wildman–Crippen MR) is 68.0 cm³/mol. The van der Waals surface area contributed by atoms with Crippen LogP contribution in [0.1, 0.15) is 35.6 Å². The first-order chi connectivity index (χ1) is 8.31. The van der Waals surface area contributed by atoms with Gasteiger partial charge in [0.2, 0.25) is 0 Å². The largest absolute Gasteiger partial charge is 0.480 e. The zero-order chi connectivity index (χ0) is 13.9. The van der Waals surface area contributed by atoms with Crippen LogP contribution in [0.15, 0.2) is 4.79 Å². The van der Waals surface area contributed by atoms with E-state index in [1.165, 1.54) is 0 Å². The first-order valence-corrected chi connectivity index (χ1v) is 6.36. The minimum atomic E-state index is -1.07. The lowest BCUT2D eigenvalue weighted by Gasteiger charge is -2.15. The molecule has 1 rings (SSSR count). The monoisotopic (exact) mass is 272 g/mol. The molecule has 0 radical (unpaired) electrons. The minimum absolute atomic E-state index is 0.150. The first kappa shape index (κ1) is 14.4. The van der Waals surface area contributed by atoms with Crippen LogP contribution in [0.25, 0.3) is 0 Å². The second-order valence-electron chi connectivity index (χ2n) is 4.46. The molecule has 0 saturated carbocycles. The summed E-state index contributed by atoms with van der Waals surface area (Å²) in [6.07, 6.45) is 0.347. The molecule has 0 spiro atoms. The van der Waals surface area contributed by atoms with E-state index >= 15 is 0 Å². The minimum Gasteiger partial charge on any atom is -0.480 e. The number of carboxylic acid groups (broad SMARTS) is 1. The summed E-state index contributed by atoms with van der Waals surface area (Å²) in [6, 6.07) is -0.936. The molecule has 7 heteroatoms. The average Bonchev–Trinajstić information content (AvgIpc) is 2.56. The molecule has 0 aromatic carbocycles. The Morgan fingerprint density at radius 3 is 2.44 bits per heavy atom. The third kappa shape index (κ3) is 3.69. The van der Waals surface area contributed by atoms with Crippen molar-refractivity contribution in [3.8, 4) is 0 Å². The van der Waals surface area contributed by atoms with Gasteiger partial charge >= 0.3 is 10.8 Å². The zero-order valence-electron chi connectivity index (χ0n) is 10.4. The van der Waals surface area contributed by atoms with Crippen molar-refractivity contribution in [2.75, 3.05) is 0 Å². The maximum absolute atomic E-state index is 11.9. The van der Waals surface area contributed by atoms with Gasteiger partial charge in [-0.05, 0) is 19.3 Å². The van der Waals surface area contributed by atoms with Crippen molar-refractivity contribution in [1.29, 1.82) is 0 Å². The number of aromatic amines is 1. The Morgan fingerprint density at radius 2 is 2.06 bits per heavy atom. The lowest BCUT2D eigenvalue weighted by molar-refractivity contribution is -0.139. The molecule has 1 aromatic heterocycles. The normalized spacial score (nSPS) is 12.4. The highest BCUT2D eigenvalue weighted by Gasteiger charge is 2.23. The number of thiazole rings is 1. The molecule has 0 aliphatic carbocycles. The van der Waals surface area contributed by atoms with Crippen LogP contribution in [0.4, 0.5) is 0 Å². The maximum atomic E-state index is 11.9. The average molecular weight is 272 g/mol. The van der Waals surface area contributed by atoms with Gasteiger partial charge in [0.15, 0.2) is 0 Å². The number of rotatable bonds is 5. The van der Waals surface area contributed by atoms with Crippen molar-refractivity contribution in [3.05, 3.63) is 20.2 Å². The molecule has 1 heterocycles. The summed E-state index contributed by atoms with van der Waals surface area (Å²) in [7, 11) is 0. The number of aromatic nitrogens is 1. The van der Waals surface area contributed by atoms with E-state index in [1.807, 2.05) is 13.8 Å². The van der Waals surface area contributed by atoms with E-state index in [4.69, 9.17) is 5.11 Å². The molecule has 0 bridgehead atoms. The molecule has 0 aliphatic heterocycles. The molecule has 1 atom stereocenters. The summed E-state index contributed by atoms with van der Waals surface area (Å²) in [6.45, 7) is 5.36. The predicted octanol–water partition coefficient (Wildman–Crippen LogP) is 0.974. The van der Waals surface area contributed by atoms with E-state index in [1.54, 1.807) is 6.92 Å². The number of aliphatic carboxylic acids is 1. The van der Waals surface area contributed by atoms with Gasteiger partial charge < -0.3 is 15.4 Å². The molecule has 0 saturated heterocycles. The number of aryl methyl sites for hydroxylation is 1. The third-order valence-electron chi connectivity index (χ3n) is 2.34. The lowest BCUT2D eigenvalue weighted by Crippen LogP contribution is -2.41. The Kier molecular flexibility index (Phi) is 4.66. The molecule has 3 N–H and O–H groups in total. The van der Waals surface area contributed by atoms with Crippen LogP contribution < -0.4 is 10.2 Å². The Hall–Kier alpha value is -1.63. The summed E-state index contributed by atoms with van der Waals surface area (Å²) < 4.78 is 0. The summed E-state index contributed by atoms with van der Waals surface area (Å²) >= 11 is 0.779. The number of carboxylic acids is 1. The van der Waals surface area contributed by atoms with Gasteiger partial charge in [0.05, 0.1) is 0 Å². The first-order valence-electron chi connectivity index (χ1n) is 5.54. The van der Waals surface area contributed by atoms with E-state index < -0.39 is 17.9 Å². The number of amides is 1. The fourth-order valence-corrected chi connectivity index (χ4v) is 2.28. The second kappa shape index (κ2) is 5.81. The highest BCUT2D eigenvalue weighted by Crippen LogP contribution is 2.10. The van der Waals surface area contributed by atoms with E-state index in [0.29, 0.717) is 12.1 Å². The highest BCUT2D eigenvalue weighted by atomic mass is 32.1. The Balaban J connectivity index is 2.81. The molecule has 6 nitrogen and oxygen atoms in total. The molecule has 100 valence electrons. The lowest BCUT2D eigenvalue weighted by atomic mass is 10.0. The number of carbonyl (C=O) groups excluding carboxylic acids is 1. The van der Waals surface area contributed by atoms with Crippen molar-refractivity contribution in [2.24, 2.45) is 5.92 Å². The second-order valence-corrected chi connectivity index (χ2v) is 5.45. The van der Waals surface area contributed by atoms with Crippen LogP contribution >= 0.6 is 11.3 Å². The van der Waals surface area contributed by atoms with Gasteiger partial charge in [0.1, 0.15) is 10.9 Å². The Labute approximate surface area is 108 Å². The molecule has 18 heavy (non-hydrogen) atoms. The quantitative estimate of drug-likeness (QED) is 0.743. The molecule has 0 fully saturated rings. The van der Waals surface area contributed by atoms with E-state index in [9.17, 15) is 14.4 Å². The summed E-state index contributed by atoms with van der Waals surface area (Å²) in [4.78, 5) is 36.3. The summed E-state index contributed by atoms with van der Waals surface area (Å²) in [5.41, 5.74) is 0.455. The number of nitrogens with one attached hydrogen (secondary N) is 2. The zero-order valence-corrected chi connectivity index (χ0v) is 11.3. The number of hydrogen-bond donors (Lipinski definition) is 3. The molecular weight excluding hydrogens is 256 g/mol. The highest BCUT2D eigenvalue weighted by molar-refractivity contribution is 7.11. The maximum Gasteiger partial charge on any atom is 0.326 e. The topological polar surface area (TPSA) is 99.3 Å². The van der Waals surface area contributed by atoms with Crippen molar-refractivity contribution < 1.29 is 14.7 Å². The number of hydrogen-bond acceptors (Lipinski definition) is 4. The fraction of sp³-hybridized carbons (Fsp3) is 0.545. The van der Waals surface area contributed by atoms with Crippen molar-refractivity contribution in [3.63, 3.8) is 0 Å². The Morgan fingerprint density at radius 1 is 1.44 bits per heavy atom. The molecule has 1 amide bonds. The van der Waals surface area contributed by atoms with E-state index in [2.05, 4.69) is 10.3 Å². The number of carbonyl (C=O) groups is 2. The molecule has 0 aliphatic rings. The number of H-pyrrole nitrogens is 1. The third-order valence-corrected chi connectivity index (χ3v) is 3.32. The standard InChI is InChI=1S/C11H16N2O4S/c1-5(2)4-7(10(15)16)13-9(14)8-6(3)12-11(17)18-8/h5,7H,4H2,1-3H3,(H,12,17)(H,13,14)(H,15,16). The van der Waals surface area contributed by atoms with Gasteiger partial charge in [-0.1, -0.05) is 25.2 Å². The van der Waals surface area contributed by atoms with Gasteiger partial charge in [-0.3, -0.25) is 9.59 Å². The van der Waals surface area contributed by atoms with Crippen molar-refractivity contribution in [1.82, 2.24) is 10.3 Å². The van der Waals surface area contributed by atoms with Crippen LogP contribution in [-0.4, -0.2) is 28.0 Å². The SMILES string of the molecule is Cc1[nH]c(=O)sc1C(=O)NC(CC(C)C)C(=O)O. The molecular formula is C11H16N2O4S. The molecule has 1 aromatic rings. The van der Waals surface area contributed by atoms with Crippen LogP contribution in [0.3, 0.4) is 0 Å². The fourth-order valence-electron chi connectivity index (χ4n) is 1.54. The summed E-state index contributed by atoms with van der Waals surface area (Å²) in [5, 5.41) is 11.4.